The molecule has 1 amide bonds. The number of nitrogens with zero attached hydrogens (tertiary/aromatic N) is 1. The van der Waals surface area contributed by atoms with Crippen LogP contribution in [0, 0.1) is 0 Å². The predicted octanol–water partition coefficient (Wildman–Crippen LogP) is 1.28. The molecule has 1 aliphatic rings. The van der Waals surface area contributed by atoms with Crippen LogP contribution in [0.1, 0.15) is 27.7 Å². The maximum Gasteiger partial charge on any atom is 0.219 e. The molecule has 0 aliphatic carbocycles. The van der Waals surface area contributed by atoms with Gasteiger partial charge in [0.05, 0.1) is 12.7 Å². The van der Waals surface area contributed by atoms with E-state index < -0.39 is 0 Å². The minimum absolute atomic E-state index is 0.148. The second-order valence-corrected chi connectivity index (χ2v) is 2.65. The van der Waals surface area contributed by atoms with Crippen molar-refractivity contribution in [2.75, 3.05) is 19.7 Å². The molecule has 0 aromatic rings. The van der Waals surface area contributed by atoms with Crippen LogP contribution in [0.4, 0.5) is 0 Å². The van der Waals surface area contributed by atoms with Crippen molar-refractivity contribution >= 4 is 5.91 Å². The Hall–Kier alpha value is -0.570. The van der Waals surface area contributed by atoms with Gasteiger partial charge in [0, 0.05) is 20.0 Å². The number of carbonyl (C=O) groups excluding carboxylic acids is 1. The maximum atomic E-state index is 10.8. The Bertz CT molecular complexity index is 136. The number of ether oxygens (including phenoxy) is 1. The van der Waals surface area contributed by atoms with Crippen molar-refractivity contribution in [3.05, 3.63) is 0 Å². The van der Waals surface area contributed by atoms with Crippen LogP contribution in [-0.4, -0.2) is 36.6 Å². The molecule has 0 N–H and O–H groups in total. The van der Waals surface area contributed by atoms with Crippen LogP contribution in [0.2, 0.25) is 0 Å². The predicted molar refractivity (Wildman–Crippen MR) is 49.0 cm³/mol. The average Bonchev–Trinajstić information content (AvgIpc) is 2.08. The highest BCUT2D eigenvalue weighted by atomic mass is 16.5. The second-order valence-electron chi connectivity index (χ2n) is 2.65. The third-order valence-corrected chi connectivity index (χ3v) is 1.69. The van der Waals surface area contributed by atoms with Gasteiger partial charge in [-0.25, -0.2) is 0 Å². The van der Waals surface area contributed by atoms with E-state index in [4.69, 9.17) is 4.74 Å². The highest BCUT2D eigenvalue weighted by Crippen LogP contribution is 2.03. The zero-order valence-electron chi connectivity index (χ0n) is 8.46. The topological polar surface area (TPSA) is 29.5 Å². The quantitative estimate of drug-likeness (QED) is 0.552. The summed E-state index contributed by atoms with van der Waals surface area (Å²) in [6.45, 7) is 9.75. The molecule has 72 valence electrons. The van der Waals surface area contributed by atoms with Gasteiger partial charge < -0.3 is 9.64 Å². The van der Waals surface area contributed by atoms with Crippen LogP contribution in [0.3, 0.4) is 0 Å². The number of amides is 1. The molecule has 1 atom stereocenters. The highest BCUT2D eigenvalue weighted by molar-refractivity contribution is 5.73. The molecule has 1 heterocycles. The molecule has 1 aliphatic heterocycles. The van der Waals surface area contributed by atoms with Crippen LogP contribution >= 0.6 is 0 Å². The Morgan fingerprint density at radius 2 is 2.08 bits per heavy atom. The van der Waals surface area contributed by atoms with Crippen LogP contribution in [0.15, 0.2) is 0 Å². The third-order valence-electron chi connectivity index (χ3n) is 1.69. The van der Waals surface area contributed by atoms with Gasteiger partial charge in [-0.2, -0.15) is 0 Å². The van der Waals surface area contributed by atoms with Crippen molar-refractivity contribution in [1.29, 1.82) is 0 Å². The van der Waals surface area contributed by atoms with Gasteiger partial charge in [-0.3, -0.25) is 4.79 Å². The zero-order chi connectivity index (χ0) is 9.56. The lowest BCUT2D eigenvalue weighted by atomic mass is 10.3. The van der Waals surface area contributed by atoms with Gasteiger partial charge in [0.25, 0.3) is 0 Å². The number of morpholine rings is 1. The Kier molecular flexibility index (Phi) is 5.72. The first-order chi connectivity index (χ1) is 5.70. The van der Waals surface area contributed by atoms with Crippen molar-refractivity contribution in [3.63, 3.8) is 0 Å². The van der Waals surface area contributed by atoms with Gasteiger partial charge in [0.1, 0.15) is 0 Å². The van der Waals surface area contributed by atoms with E-state index in [0.717, 1.165) is 13.1 Å². The molecular formula is C9H19NO2. The minimum atomic E-state index is 0.148. The van der Waals surface area contributed by atoms with E-state index in [1.165, 1.54) is 0 Å². The molecule has 3 nitrogen and oxygen atoms in total. The molecule has 0 aromatic heterocycles. The molecule has 0 saturated carbocycles. The summed E-state index contributed by atoms with van der Waals surface area (Å²) in [6, 6.07) is 0. The van der Waals surface area contributed by atoms with E-state index in [1.807, 2.05) is 25.7 Å². The molecule has 3 heteroatoms. The third kappa shape index (κ3) is 3.72. The number of rotatable bonds is 0. The molecule has 12 heavy (non-hydrogen) atoms. The molecule has 0 unspecified atom stereocenters. The Balaban J connectivity index is 0.000000561. The fourth-order valence-electron chi connectivity index (χ4n) is 1.10. The summed E-state index contributed by atoms with van der Waals surface area (Å²) in [4.78, 5) is 12.6. The van der Waals surface area contributed by atoms with Crippen LogP contribution in [0.5, 0.6) is 0 Å². The molecule has 0 radical (unpaired) electrons. The highest BCUT2D eigenvalue weighted by Gasteiger charge is 2.17. The van der Waals surface area contributed by atoms with E-state index in [2.05, 4.69) is 0 Å². The first-order valence-corrected chi connectivity index (χ1v) is 4.57. The van der Waals surface area contributed by atoms with Gasteiger partial charge in [0.15, 0.2) is 0 Å². The zero-order valence-corrected chi connectivity index (χ0v) is 8.46. The molecule has 0 spiro atoms. The maximum absolute atomic E-state index is 10.8. The number of hydrogen-bond donors (Lipinski definition) is 0. The van der Waals surface area contributed by atoms with Gasteiger partial charge in [-0.15, -0.1) is 0 Å². The lowest BCUT2D eigenvalue weighted by Gasteiger charge is -2.30. The van der Waals surface area contributed by atoms with E-state index in [0.29, 0.717) is 6.61 Å². The van der Waals surface area contributed by atoms with Crippen LogP contribution in [-0.2, 0) is 9.53 Å². The smallest absolute Gasteiger partial charge is 0.219 e. The SMILES string of the molecule is CC.CC(=O)N1CCO[C@@H](C)C1. The van der Waals surface area contributed by atoms with E-state index in [-0.39, 0.29) is 12.0 Å². The lowest BCUT2D eigenvalue weighted by Crippen LogP contribution is -2.43. The largest absolute Gasteiger partial charge is 0.375 e. The summed E-state index contributed by atoms with van der Waals surface area (Å²) in [5.74, 6) is 0.148. The molecule has 1 fully saturated rings. The van der Waals surface area contributed by atoms with Crippen molar-refractivity contribution in [3.8, 4) is 0 Å². The summed E-state index contributed by atoms with van der Waals surface area (Å²) in [5, 5.41) is 0. The summed E-state index contributed by atoms with van der Waals surface area (Å²) in [7, 11) is 0. The van der Waals surface area contributed by atoms with Gasteiger partial charge in [0.2, 0.25) is 5.91 Å². The molecule has 1 rings (SSSR count). The van der Waals surface area contributed by atoms with Crippen LogP contribution < -0.4 is 0 Å². The lowest BCUT2D eigenvalue weighted by molar-refractivity contribution is -0.135. The average molecular weight is 173 g/mol. The summed E-state index contributed by atoms with van der Waals surface area (Å²) < 4.78 is 5.26. The van der Waals surface area contributed by atoms with Gasteiger partial charge in [-0.05, 0) is 6.92 Å². The monoisotopic (exact) mass is 173 g/mol. The van der Waals surface area contributed by atoms with E-state index >= 15 is 0 Å². The Morgan fingerprint density at radius 1 is 1.50 bits per heavy atom. The first kappa shape index (κ1) is 11.4. The second kappa shape index (κ2) is 6.00. The molecule has 1 saturated heterocycles. The summed E-state index contributed by atoms with van der Waals surface area (Å²) in [6.07, 6.45) is 0.206. The number of hydrogen-bond acceptors (Lipinski definition) is 2. The summed E-state index contributed by atoms with van der Waals surface area (Å²) >= 11 is 0. The summed E-state index contributed by atoms with van der Waals surface area (Å²) in [5.41, 5.74) is 0. The van der Waals surface area contributed by atoms with E-state index in [9.17, 15) is 4.79 Å². The minimum Gasteiger partial charge on any atom is -0.375 e. The Morgan fingerprint density at radius 3 is 2.42 bits per heavy atom. The fraction of sp³-hybridized carbons (Fsp3) is 0.889. The van der Waals surface area contributed by atoms with Crippen molar-refractivity contribution in [2.24, 2.45) is 0 Å². The standard InChI is InChI=1S/C7H13NO2.C2H6/c1-6-5-8(7(2)9)3-4-10-6;1-2/h6H,3-5H2,1-2H3;1-2H3/t6-;/m0./s1. The van der Waals surface area contributed by atoms with Crippen molar-refractivity contribution < 1.29 is 9.53 Å². The molecule has 0 bridgehead atoms. The van der Waals surface area contributed by atoms with E-state index in [1.54, 1.807) is 6.92 Å². The number of carbonyl (C=O) groups is 1. The van der Waals surface area contributed by atoms with Crippen LogP contribution in [0.25, 0.3) is 0 Å². The molecule has 0 aromatic carbocycles. The first-order valence-electron chi connectivity index (χ1n) is 4.57. The van der Waals surface area contributed by atoms with Gasteiger partial charge in [-0.1, -0.05) is 13.8 Å². The normalized spacial score (nSPS) is 22.7. The Labute approximate surface area is 74.7 Å². The van der Waals surface area contributed by atoms with Crippen molar-refractivity contribution in [2.45, 2.75) is 33.8 Å². The van der Waals surface area contributed by atoms with Gasteiger partial charge >= 0.3 is 0 Å². The fourth-order valence-corrected chi connectivity index (χ4v) is 1.10. The molecular weight excluding hydrogens is 154 g/mol. The van der Waals surface area contributed by atoms with Crippen molar-refractivity contribution in [1.82, 2.24) is 4.90 Å².